The van der Waals surface area contributed by atoms with E-state index in [2.05, 4.69) is 47.4 Å². The van der Waals surface area contributed by atoms with Crippen molar-refractivity contribution in [2.24, 2.45) is 11.8 Å². The van der Waals surface area contributed by atoms with E-state index in [4.69, 9.17) is 4.74 Å². The Hall–Kier alpha value is -6.86. The van der Waals surface area contributed by atoms with E-state index < -0.39 is 29.1 Å². The van der Waals surface area contributed by atoms with Crippen LogP contribution in [-0.4, -0.2) is 137 Å². The monoisotopic (exact) mass is 984 g/mol. The minimum atomic E-state index is -4.41. The molecule has 376 valence electrons. The van der Waals surface area contributed by atoms with Gasteiger partial charge in [0.25, 0.3) is 0 Å². The average Bonchev–Trinajstić information content (AvgIpc) is 3.90. The largest absolute Gasteiger partial charge is 0.444 e. The number of halogens is 6. The number of nitrogens with zero attached hydrogens (tertiary/aromatic N) is 8. The number of likely N-dealkylation sites (tertiary alicyclic amines) is 2. The number of benzene rings is 4. The first kappa shape index (κ1) is 52.0. The molecular formula is C52H58F6N10O3. The zero-order chi connectivity index (χ0) is 51.4. The smallest absolute Gasteiger partial charge is 0.416 e. The van der Waals surface area contributed by atoms with Crippen LogP contribution >= 0.6 is 0 Å². The van der Waals surface area contributed by atoms with Crippen molar-refractivity contribution in [1.82, 2.24) is 40.0 Å². The van der Waals surface area contributed by atoms with E-state index in [1.165, 1.54) is 30.3 Å². The van der Waals surface area contributed by atoms with E-state index in [0.29, 0.717) is 60.3 Å². The number of amides is 2. The third-order valence-corrected chi connectivity index (χ3v) is 12.2. The minimum absolute atomic E-state index is 0.0408. The molecule has 4 heterocycles. The van der Waals surface area contributed by atoms with Crippen LogP contribution in [0.1, 0.15) is 31.9 Å². The first-order chi connectivity index (χ1) is 33.5. The minimum Gasteiger partial charge on any atom is -0.444 e. The van der Waals surface area contributed by atoms with Crippen molar-refractivity contribution in [2.45, 2.75) is 50.8 Å². The fourth-order valence-corrected chi connectivity index (χ4v) is 9.00. The summed E-state index contributed by atoms with van der Waals surface area (Å²) in [5, 5.41) is 27.7. The fraction of sp³-hybridized carbons (Fsp3) is 0.385. The molecule has 0 bridgehead atoms. The van der Waals surface area contributed by atoms with Gasteiger partial charge in [0.1, 0.15) is 17.0 Å². The number of alkyl halides is 6. The Bertz CT molecular complexity index is 2830. The van der Waals surface area contributed by atoms with E-state index >= 15 is 0 Å². The van der Waals surface area contributed by atoms with Crippen LogP contribution in [0.15, 0.2) is 110 Å². The van der Waals surface area contributed by atoms with Gasteiger partial charge in [0.2, 0.25) is 5.91 Å². The molecule has 2 aromatic heterocycles. The van der Waals surface area contributed by atoms with Crippen molar-refractivity contribution in [3.63, 3.8) is 0 Å². The van der Waals surface area contributed by atoms with Crippen LogP contribution in [0.4, 0.5) is 42.8 Å². The van der Waals surface area contributed by atoms with E-state index in [1.54, 1.807) is 9.80 Å². The average molecular weight is 985 g/mol. The van der Waals surface area contributed by atoms with E-state index in [9.17, 15) is 35.9 Å². The highest BCUT2D eigenvalue weighted by Gasteiger charge is 2.39. The molecule has 4 aromatic carbocycles. The molecule has 8 rings (SSSR count). The second kappa shape index (κ2) is 21.2. The summed E-state index contributed by atoms with van der Waals surface area (Å²) in [6, 6.07) is 24.7. The Morgan fingerprint density at radius 2 is 0.986 bits per heavy atom. The normalized spacial score (nSPS) is 18.5. The second-order valence-corrected chi connectivity index (χ2v) is 19.4. The van der Waals surface area contributed by atoms with Crippen molar-refractivity contribution in [2.75, 3.05) is 78.1 Å². The molecule has 6 aromatic rings. The molecule has 2 N–H and O–H groups in total. The summed E-state index contributed by atoms with van der Waals surface area (Å²) in [6.45, 7) is 12.8. The van der Waals surface area contributed by atoms with Gasteiger partial charge in [-0.1, -0.05) is 79.4 Å². The summed E-state index contributed by atoms with van der Waals surface area (Å²) < 4.78 is 83.5. The summed E-state index contributed by atoms with van der Waals surface area (Å²) in [5.41, 5.74) is 0.0995. The van der Waals surface area contributed by atoms with E-state index in [0.717, 1.165) is 58.9 Å². The van der Waals surface area contributed by atoms with E-state index in [-0.39, 0.29) is 35.9 Å². The van der Waals surface area contributed by atoms with Gasteiger partial charge in [-0.05, 0) is 79.3 Å². The number of hydrogen-bond donors (Lipinski definition) is 2. The highest BCUT2D eigenvalue weighted by molar-refractivity contribution is 6.01. The lowest BCUT2D eigenvalue weighted by molar-refractivity contribution is -0.138. The van der Waals surface area contributed by atoms with Gasteiger partial charge in [0.05, 0.1) is 23.2 Å². The highest BCUT2D eigenvalue weighted by Crippen LogP contribution is 2.37. The Labute approximate surface area is 408 Å². The topological polar surface area (TPSA) is 132 Å². The first-order valence-corrected chi connectivity index (χ1v) is 23.1. The van der Waals surface area contributed by atoms with Crippen LogP contribution in [-0.2, 0) is 21.9 Å². The molecule has 13 nitrogen and oxygen atoms in total. The van der Waals surface area contributed by atoms with Gasteiger partial charge in [0, 0.05) is 83.8 Å². The molecule has 0 spiro atoms. The second-order valence-electron chi connectivity index (χ2n) is 19.4. The third-order valence-electron chi connectivity index (χ3n) is 12.2. The number of aromatic nitrogens is 4. The number of hydrogen-bond acceptors (Lipinski definition) is 11. The molecule has 19 heteroatoms. The quantitative estimate of drug-likeness (QED) is 0.0950. The third kappa shape index (κ3) is 12.7. The Kier molecular flexibility index (Phi) is 15.5. The van der Waals surface area contributed by atoms with Gasteiger partial charge in [-0.2, -0.15) is 26.3 Å². The van der Waals surface area contributed by atoms with Gasteiger partial charge in [-0.3, -0.25) is 4.79 Å². The van der Waals surface area contributed by atoms with Crippen molar-refractivity contribution >= 4 is 45.2 Å². The Morgan fingerprint density at radius 1 is 0.606 bits per heavy atom. The number of carbonyl (C=O) groups is 2. The van der Waals surface area contributed by atoms with Crippen molar-refractivity contribution in [3.8, 4) is 22.5 Å². The van der Waals surface area contributed by atoms with Crippen LogP contribution in [0.2, 0.25) is 0 Å². The predicted molar refractivity (Wildman–Crippen MR) is 263 cm³/mol. The first-order valence-electron chi connectivity index (χ1n) is 23.1. The number of rotatable bonds is 11. The van der Waals surface area contributed by atoms with Crippen LogP contribution < -0.4 is 10.6 Å². The summed E-state index contributed by atoms with van der Waals surface area (Å²) in [6.07, 6.45) is -7.83. The number of ether oxygens (including phenoxy) is 1. The van der Waals surface area contributed by atoms with E-state index in [1.807, 2.05) is 97.5 Å². The van der Waals surface area contributed by atoms with Gasteiger partial charge < -0.3 is 35.0 Å². The summed E-state index contributed by atoms with van der Waals surface area (Å²) in [7, 11) is 7.95. The molecule has 71 heavy (non-hydrogen) atoms. The molecule has 2 fully saturated rings. The lowest BCUT2D eigenvalue weighted by Gasteiger charge is -2.24. The molecule has 0 saturated carbocycles. The zero-order valence-corrected chi connectivity index (χ0v) is 40.6. The van der Waals surface area contributed by atoms with Gasteiger partial charge in [0.15, 0.2) is 11.6 Å². The van der Waals surface area contributed by atoms with Crippen molar-refractivity contribution in [1.29, 1.82) is 0 Å². The predicted octanol–water partition coefficient (Wildman–Crippen LogP) is 9.83. The van der Waals surface area contributed by atoms with Crippen molar-refractivity contribution in [3.05, 3.63) is 121 Å². The maximum absolute atomic E-state index is 13.0. The standard InChI is InChI=1S/C27H32F3N5O2.C25H26F3N5O/c1-26(2,3)37-25(36)35-15-18(14-34(4)5)22(16-35)31-24-21-9-7-6-8-20(21)23(32-33-24)17-10-12-19(13-11-17)27(28,29)30;1-4-22(34)33-14-17(13-32(2)3)21(15-33)29-24-20-8-6-5-7-19(20)23(30-31-24)16-9-11-18(12-10-16)25(26,27)28/h6-13,18,22H,14-16H2,1-5H3,(H,31,33);4-12,17,21H,1,13-15H2,2-3H3,(H,29,31)/t18-,22-;17-,21-/m11/s1. The lowest BCUT2D eigenvalue weighted by Crippen LogP contribution is -2.36. The molecule has 2 saturated heterocycles. The highest BCUT2D eigenvalue weighted by atomic mass is 19.4. The fourth-order valence-electron chi connectivity index (χ4n) is 9.00. The van der Waals surface area contributed by atoms with Crippen LogP contribution in [0, 0.1) is 11.8 Å². The summed E-state index contributed by atoms with van der Waals surface area (Å²) >= 11 is 0. The zero-order valence-electron chi connectivity index (χ0n) is 40.6. The SMILES string of the molecule is C=CC(=O)N1C[C@@H](CN(C)C)[C@H](Nc2nnc(-c3ccc(C(F)(F)F)cc3)c3ccccc23)C1.CN(C)C[C@@H]1CN(C(=O)OC(C)(C)C)C[C@H]1Nc1nnc(-c2ccc(C(F)(F)F)cc2)c2ccccc12. The number of anilines is 2. The summed E-state index contributed by atoms with van der Waals surface area (Å²) in [5.74, 6) is 1.33. The van der Waals surface area contributed by atoms with Gasteiger partial charge in [-0.25, -0.2) is 4.79 Å². The molecule has 0 radical (unpaired) electrons. The van der Waals surface area contributed by atoms with Crippen molar-refractivity contribution < 1.29 is 40.7 Å². The Morgan fingerprint density at radius 3 is 1.35 bits per heavy atom. The summed E-state index contributed by atoms with van der Waals surface area (Å²) in [4.78, 5) is 32.6. The molecule has 4 atom stereocenters. The van der Waals surface area contributed by atoms with Gasteiger partial charge >= 0.3 is 18.4 Å². The van der Waals surface area contributed by atoms with Crippen LogP contribution in [0.25, 0.3) is 44.1 Å². The number of nitrogens with one attached hydrogen (secondary N) is 2. The van der Waals surface area contributed by atoms with Crippen LogP contribution in [0.3, 0.4) is 0 Å². The molecular weight excluding hydrogens is 927 g/mol. The maximum Gasteiger partial charge on any atom is 0.416 e. The molecule has 0 unspecified atom stereocenters. The molecule has 2 amide bonds. The number of fused-ring (bicyclic) bond motifs is 2. The van der Waals surface area contributed by atoms with Crippen LogP contribution in [0.5, 0.6) is 0 Å². The molecule has 0 aliphatic carbocycles. The maximum atomic E-state index is 13.0. The van der Waals surface area contributed by atoms with Gasteiger partial charge in [-0.15, -0.1) is 20.4 Å². The Balaban J connectivity index is 0.000000209. The molecule has 2 aliphatic heterocycles. The lowest BCUT2D eigenvalue weighted by atomic mass is 10.0. The molecule has 2 aliphatic rings. The number of carbonyl (C=O) groups excluding carboxylic acids is 2.